The Hall–Kier alpha value is -1.28. The van der Waals surface area contributed by atoms with Crippen molar-refractivity contribution >= 4 is 10.0 Å². The maximum atomic E-state index is 13.9. The molecule has 0 spiro atoms. The van der Waals surface area contributed by atoms with Crippen molar-refractivity contribution < 1.29 is 83.1 Å². The number of alkyl halides is 17. The number of hydrogen-bond acceptors (Lipinski definition) is 2. The topological polar surface area (TPSA) is 60.2 Å². The highest BCUT2D eigenvalue weighted by molar-refractivity contribution is 7.90. The molecule has 0 aromatic heterocycles. The maximum Gasteiger partial charge on any atom is 0.435 e. The average Bonchev–Trinajstić information content (AvgIpc) is 2.28. The van der Waals surface area contributed by atoms with Crippen molar-refractivity contribution in [1.29, 1.82) is 0 Å². The van der Waals surface area contributed by atoms with Crippen molar-refractivity contribution in [2.75, 3.05) is 0 Å². The van der Waals surface area contributed by atoms with Gasteiger partial charge in [-0.15, -0.1) is 0 Å². The Morgan fingerprint density at radius 1 is 0.483 bits per heavy atom. The number of nitrogens with two attached hydrogens (primary N) is 1. The van der Waals surface area contributed by atoms with Crippen LogP contribution in [0.5, 0.6) is 0 Å². The normalized spacial score (nSPS) is 18.6. The Balaban J connectivity index is 8.03. The number of hydrogen-bond donors (Lipinski definition) is 1. The molecular weight excluding hydrogens is 497 g/mol. The van der Waals surface area contributed by atoms with Crippen LogP contribution in [0.15, 0.2) is 0 Å². The molecule has 0 aromatic carbocycles. The Kier molecular flexibility index (Phi) is 6.08. The SMILES string of the molecule is NS(=O)(=O)C(F)(F)C(F)(C(F)(F)F)C(F)(F)C(C(F)(F)F)(C(F)(F)F)C(F)(F)F. The van der Waals surface area contributed by atoms with Gasteiger partial charge in [-0.1, -0.05) is 0 Å². The standard InChI is InChI=1S/C8H2F17NO2S/c9-2(7(21,22)23,8(24,25)29(26,27)28)3(10,11)1(4(12,13)14,5(15,16)17)6(18,19)20/h(H2,26,27,28). The van der Waals surface area contributed by atoms with E-state index in [1.54, 1.807) is 0 Å². The summed E-state index contributed by atoms with van der Waals surface area (Å²) in [6, 6.07) is 0. The zero-order chi connectivity index (χ0) is 24.5. The van der Waals surface area contributed by atoms with E-state index in [2.05, 4.69) is 5.14 Å². The second-order valence-electron chi connectivity index (χ2n) is 5.04. The van der Waals surface area contributed by atoms with Crippen LogP contribution < -0.4 is 5.14 Å². The Morgan fingerprint density at radius 3 is 0.862 bits per heavy atom. The molecule has 0 heterocycles. The molecule has 0 saturated carbocycles. The van der Waals surface area contributed by atoms with Gasteiger partial charge < -0.3 is 0 Å². The van der Waals surface area contributed by atoms with Crippen LogP contribution in [0, 0.1) is 5.41 Å². The molecule has 29 heavy (non-hydrogen) atoms. The lowest BCUT2D eigenvalue weighted by molar-refractivity contribution is -0.507. The van der Waals surface area contributed by atoms with Gasteiger partial charge in [-0.25, -0.2) is 26.7 Å². The van der Waals surface area contributed by atoms with Crippen LogP contribution in [-0.2, 0) is 10.0 Å². The third-order valence-electron chi connectivity index (χ3n) is 3.33. The van der Waals surface area contributed by atoms with Crippen LogP contribution in [-0.4, -0.2) is 50.0 Å². The zero-order valence-electron chi connectivity index (χ0n) is 12.2. The monoisotopic (exact) mass is 499 g/mol. The summed E-state index contributed by atoms with van der Waals surface area (Å²) in [6.07, 6.45) is -34.5. The lowest BCUT2D eigenvalue weighted by atomic mass is 9.71. The molecule has 0 fully saturated rings. The van der Waals surface area contributed by atoms with E-state index in [1.165, 1.54) is 0 Å². The molecule has 0 aromatic rings. The summed E-state index contributed by atoms with van der Waals surface area (Å²) in [4.78, 5) is 0. The van der Waals surface area contributed by atoms with Gasteiger partial charge in [-0.3, -0.25) is 0 Å². The van der Waals surface area contributed by atoms with E-state index in [0.29, 0.717) is 0 Å². The zero-order valence-corrected chi connectivity index (χ0v) is 13.0. The summed E-state index contributed by atoms with van der Waals surface area (Å²) in [5, 5.41) is -4.90. The van der Waals surface area contributed by atoms with Crippen molar-refractivity contribution in [2.45, 2.75) is 41.6 Å². The maximum absolute atomic E-state index is 13.9. The van der Waals surface area contributed by atoms with Crippen LogP contribution in [0.4, 0.5) is 74.6 Å². The third-order valence-corrected chi connectivity index (χ3v) is 4.32. The van der Waals surface area contributed by atoms with Crippen LogP contribution in [0.3, 0.4) is 0 Å². The van der Waals surface area contributed by atoms with Gasteiger partial charge in [0.15, 0.2) is 0 Å². The van der Waals surface area contributed by atoms with E-state index < -0.39 is 57.0 Å². The lowest BCUT2D eigenvalue weighted by Gasteiger charge is -2.49. The molecule has 0 aliphatic rings. The molecule has 0 saturated heterocycles. The van der Waals surface area contributed by atoms with Crippen molar-refractivity contribution in [2.24, 2.45) is 10.6 Å². The summed E-state index contributed by atoms with van der Waals surface area (Å²) in [5.41, 5.74) is -18.1. The second-order valence-corrected chi connectivity index (χ2v) is 6.64. The molecule has 0 aliphatic heterocycles. The van der Waals surface area contributed by atoms with Crippen molar-refractivity contribution in [1.82, 2.24) is 0 Å². The minimum absolute atomic E-state index is 3.27. The highest BCUT2D eigenvalue weighted by atomic mass is 32.2. The first-order valence-electron chi connectivity index (χ1n) is 5.74. The van der Waals surface area contributed by atoms with Crippen LogP contribution >= 0.6 is 0 Å². The Bertz CT molecular complexity index is 688. The van der Waals surface area contributed by atoms with E-state index in [1.807, 2.05) is 0 Å². The van der Waals surface area contributed by atoms with Gasteiger partial charge in [-0.2, -0.15) is 61.5 Å². The van der Waals surface area contributed by atoms with Gasteiger partial charge in [0.2, 0.25) is 0 Å². The molecule has 1 atom stereocenters. The lowest BCUT2D eigenvalue weighted by Crippen LogP contribution is -2.81. The minimum Gasteiger partial charge on any atom is -0.223 e. The molecule has 0 rings (SSSR count). The van der Waals surface area contributed by atoms with Crippen LogP contribution in [0.1, 0.15) is 0 Å². The number of primary sulfonamides is 1. The van der Waals surface area contributed by atoms with Crippen molar-refractivity contribution in [3.63, 3.8) is 0 Å². The molecule has 3 nitrogen and oxygen atoms in total. The van der Waals surface area contributed by atoms with Gasteiger partial charge in [0.05, 0.1) is 0 Å². The van der Waals surface area contributed by atoms with Gasteiger partial charge in [0.25, 0.3) is 10.0 Å². The molecular formula is C8H2F17NO2S. The van der Waals surface area contributed by atoms with Crippen LogP contribution in [0.25, 0.3) is 0 Å². The number of halogens is 17. The van der Waals surface area contributed by atoms with Gasteiger partial charge in [0.1, 0.15) is 0 Å². The first kappa shape index (κ1) is 27.7. The van der Waals surface area contributed by atoms with E-state index in [-0.39, 0.29) is 0 Å². The third kappa shape index (κ3) is 3.26. The van der Waals surface area contributed by atoms with E-state index >= 15 is 0 Å². The second kappa shape index (κ2) is 6.36. The molecule has 1 unspecified atom stereocenters. The average molecular weight is 499 g/mol. The first-order valence-corrected chi connectivity index (χ1v) is 7.28. The number of rotatable bonds is 4. The largest absolute Gasteiger partial charge is 0.435 e. The predicted octanol–water partition coefficient (Wildman–Crippen LogP) is 4.45. The van der Waals surface area contributed by atoms with E-state index in [0.717, 1.165) is 0 Å². The summed E-state index contributed by atoms with van der Waals surface area (Å²) in [7, 11) is -7.83. The summed E-state index contributed by atoms with van der Waals surface area (Å²) >= 11 is 0. The molecule has 176 valence electrons. The highest BCUT2D eigenvalue weighted by Crippen LogP contribution is 2.72. The predicted molar refractivity (Wildman–Crippen MR) is 53.5 cm³/mol. The molecule has 0 radical (unpaired) electrons. The molecule has 21 heteroatoms. The Labute approximate surface area is 146 Å². The summed E-state index contributed by atoms with van der Waals surface area (Å²) in [5.74, 6) is -9.33. The number of sulfonamides is 1. The van der Waals surface area contributed by atoms with Gasteiger partial charge >= 0.3 is 47.0 Å². The fourth-order valence-corrected chi connectivity index (χ4v) is 2.63. The summed E-state index contributed by atoms with van der Waals surface area (Å²) < 4.78 is 240. The molecule has 0 bridgehead atoms. The molecule has 2 N–H and O–H groups in total. The quantitative estimate of drug-likeness (QED) is 0.582. The van der Waals surface area contributed by atoms with Crippen molar-refractivity contribution in [3.05, 3.63) is 0 Å². The van der Waals surface area contributed by atoms with Crippen LogP contribution in [0.2, 0.25) is 0 Å². The highest BCUT2D eigenvalue weighted by Gasteiger charge is 3.03. The van der Waals surface area contributed by atoms with Gasteiger partial charge in [-0.05, 0) is 0 Å². The molecule has 0 aliphatic carbocycles. The van der Waals surface area contributed by atoms with Gasteiger partial charge in [0, 0.05) is 0 Å². The van der Waals surface area contributed by atoms with E-state index in [9.17, 15) is 83.1 Å². The first-order chi connectivity index (χ1) is 12.0. The Morgan fingerprint density at radius 2 is 0.724 bits per heavy atom. The van der Waals surface area contributed by atoms with E-state index in [4.69, 9.17) is 0 Å². The molecule has 0 amide bonds. The van der Waals surface area contributed by atoms with Crippen molar-refractivity contribution in [3.8, 4) is 0 Å². The minimum atomic E-state index is -9.33. The smallest absolute Gasteiger partial charge is 0.223 e. The fraction of sp³-hybridized carbons (Fsp3) is 1.00. The fourth-order valence-electron chi connectivity index (χ4n) is 2.00. The summed E-state index contributed by atoms with van der Waals surface area (Å²) in [6.45, 7) is 0.